The first-order valence-corrected chi connectivity index (χ1v) is 6.67. The molecule has 1 aromatic rings. The van der Waals surface area contributed by atoms with Crippen LogP contribution in [0.2, 0.25) is 0 Å². The van der Waals surface area contributed by atoms with E-state index in [0.717, 1.165) is 12.1 Å². The summed E-state index contributed by atoms with van der Waals surface area (Å²) in [5, 5.41) is 7.83. The smallest absolute Gasteiger partial charge is 0.298 e. The monoisotopic (exact) mass is 265 g/mol. The Morgan fingerprint density at radius 1 is 1.38 bits per heavy atom. The number of nitrogens with one attached hydrogen (secondary N) is 1. The minimum absolute atomic E-state index is 0.447. The van der Waals surface area contributed by atoms with Crippen LogP contribution < -0.4 is 0 Å². The minimum Gasteiger partial charge on any atom is -0.298 e. The Balaban J connectivity index is 2.72. The molecule has 1 nitrogen and oxygen atoms in total. The maximum Gasteiger partial charge on any atom is 0.416 e. The molecule has 0 unspecified atom stereocenters. The Bertz CT molecular complexity index is 377. The second-order valence-electron chi connectivity index (χ2n) is 2.97. The highest BCUT2D eigenvalue weighted by Gasteiger charge is 2.30. The van der Waals surface area contributed by atoms with Crippen molar-refractivity contribution in [1.82, 2.24) is 0 Å². The first-order valence-electron chi connectivity index (χ1n) is 4.52. The summed E-state index contributed by atoms with van der Waals surface area (Å²) in [6.07, 6.45) is -3.71. The van der Waals surface area contributed by atoms with Crippen molar-refractivity contribution in [1.29, 1.82) is 5.41 Å². The predicted octanol–water partition coefficient (Wildman–Crippen LogP) is 4.83. The van der Waals surface area contributed by atoms with Gasteiger partial charge in [0.2, 0.25) is 0 Å². The van der Waals surface area contributed by atoms with Crippen LogP contribution in [0.15, 0.2) is 29.2 Å². The molecule has 0 saturated carbocycles. The molecule has 0 spiro atoms. The maximum absolute atomic E-state index is 12.4. The minimum atomic E-state index is -4.31. The van der Waals surface area contributed by atoms with Gasteiger partial charge in [-0.05, 0) is 35.4 Å². The second-order valence-corrected chi connectivity index (χ2v) is 5.27. The molecule has 0 heterocycles. The van der Waals surface area contributed by atoms with E-state index in [0.29, 0.717) is 16.4 Å². The van der Waals surface area contributed by atoms with E-state index in [1.165, 1.54) is 27.7 Å². The van der Waals surface area contributed by atoms with Crippen LogP contribution in [0.1, 0.15) is 18.9 Å². The summed E-state index contributed by atoms with van der Waals surface area (Å²) in [6, 6.07) is 5.12. The molecule has 0 bridgehead atoms. The first kappa shape index (κ1) is 13.4. The highest BCUT2D eigenvalue weighted by molar-refractivity contribution is 8.82. The average Bonchev–Trinajstić information content (AvgIpc) is 2.25. The van der Waals surface area contributed by atoms with Crippen LogP contribution >= 0.6 is 21.6 Å². The summed E-state index contributed by atoms with van der Waals surface area (Å²) in [5.41, 5.74) is -0.652. The highest BCUT2D eigenvalue weighted by Crippen LogP contribution is 2.36. The molecule has 0 atom stereocenters. The van der Waals surface area contributed by atoms with E-state index in [-0.39, 0.29) is 0 Å². The van der Waals surface area contributed by atoms with Gasteiger partial charge in [-0.25, -0.2) is 0 Å². The number of hydrogen-bond donors (Lipinski definition) is 1. The largest absolute Gasteiger partial charge is 0.416 e. The fourth-order valence-electron chi connectivity index (χ4n) is 0.882. The van der Waals surface area contributed by atoms with Gasteiger partial charge in [-0.15, -0.1) is 0 Å². The Morgan fingerprint density at radius 2 is 2.06 bits per heavy atom. The van der Waals surface area contributed by atoms with Crippen molar-refractivity contribution in [2.24, 2.45) is 0 Å². The Morgan fingerprint density at radius 3 is 2.62 bits per heavy atom. The lowest BCUT2D eigenvalue weighted by atomic mass is 10.2. The molecule has 0 aliphatic carbocycles. The van der Waals surface area contributed by atoms with Crippen molar-refractivity contribution in [3.05, 3.63) is 29.8 Å². The van der Waals surface area contributed by atoms with Gasteiger partial charge in [0.15, 0.2) is 0 Å². The van der Waals surface area contributed by atoms with Crippen molar-refractivity contribution in [3.8, 4) is 0 Å². The lowest BCUT2D eigenvalue weighted by Crippen LogP contribution is -2.04. The average molecular weight is 265 g/mol. The Labute approximate surface area is 99.7 Å². The third-order valence-corrected chi connectivity index (χ3v) is 4.17. The maximum atomic E-state index is 12.4. The van der Waals surface area contributed by atoms with Crippen molar-refractivity contribution >= 4 is 26.6 Å². The van der Waals surface area contributed by atoms with Crippen LogP contribution in [0, 0.1) is 5.41 Å². The third-order valence-electron chi connectivity index (χ3n) is 1.72. The van der Waals surface area contributed by atoms with Crippen molar-refractivity contribution in [3.63, 3.8) is 0 Å². The topological polar surface area (TPSA) is 23.9 Å². The second kappa shape index (κ2) is 5.63. The quantitative estimate of drug-likeness (QED) is 0.480. The molecule has 88 valence electrons. The molecule has 0 radical (unpaired) electrons. The van der Waals surface area contributed by atoms with E-state index in [1.54, 1.807) is 6.07 Å². The summed E-state index contributed by atoms with van der Waals surface area (Å²) in [5.74, 6) is 0. The van der Waals surface area contributed by atoms with Gasteiger partial charge >= 0.3 is 6.18 Å². The lowest BCUT2D eigenvalue weighted by molar-refractivity contribution is -0.137. The van der Waals surface area contributed by atoms with Crippen LogP contribution in [0.25, 0.3) is 0 Å². The standard InChI is InChI=1S/C10H10F3NS2/c1-2-9(14)16-15-8-5-3-4-7(6-8)10(11,12)13/h3-6,14H,2H2,1H3. The summed E-state index contributed by atoms with van der Waals surface area (Å²) in [4.78, 5) is 0.512. The fraction of sp³-hybridized carbons (Fsp3) is 0.300. The predicted molar refractivity (Wildman–Crippen MR) is 62.9 cm³/mol. The van der Waals surface area contributed by atoms with Crippen molar-refractivity contribution < 1.29 is 13.2 Å². The number of hydrogen-bond acceptors (Lipinski definition) is 3. The molecule has 1 N–H and O–H groups in total. The van der Waals surface area contributed by atoms with Crippen LogP contribution in [-0.2, 0) is 6.18 Å². The van der Waals surface area contributed by atoms with Gasteiger partial charge in [0.05, 0.1) is 10.6 Å². The van der Waals surface area contributed by atoms with Crippen LogP contribution in [-0.4, -0.2) is 5.04 Å². The molecule has 1 rings (SSSR count). The van der Waals surface area contributed by atoms with Crippen LogP contribution in [0.5, 0.6) is 0 Å². The van der Waals surface area contributed by atoms with E-state index in [9.17, 15) is 13.2 Å². The third kappa shape index (κ3) is 4.09. The summed E-state index contributed by atoms with van der Waals surface area (Å²) >= 11 is 0. The molecule has 0 aliphatic rings. The number of alkyl halides is 3. The normalized spacial score (nSPS) is 11.5. The zero-order valence-corrected chi connectivity index (χ0v) is 10.1. The summed E-state index contributed by atoms with van der Waals surface area (Å²) in [6.45, 7) is 1.84. The molecule has 0 aliphatic heterocycles. The van der Waals surface area contributed by atoms with E-state index in [1.807, 2.05) is 6.92 Å². The number of rotatable bonds is 3. The molecular formula is C10H10F3NS2. The van der Waals surface area contributed by atoms with Crippen molar-refractivity contribution in [2.75, 3.05) is 0 Å². The molecule has 0 saturated heterocycles. The van der Waals surface area contributed by atoms with Gasteiger partial charge in [0.1, 0.15) is 0 Å². The van der Waals surface area contributed by atoms with Gasteiger partial charge in [-0.1, -0.05) is 23.8 Å². The number of benzene rings is 1. The van der Waals surface area contributed by atoms with Crippen LogP contribution in [0.3, 0.4) is 0 Å². The molecule has 16 heavy (non-hydrogen) atoms. The Kier molecular flexibility index (Phi) is 4.73. The van der Waals surface area contributed by atoms with Crippen molar-refractivity contribution in [2.45, 2.75) is 24.4 Å². The molecule has 0 amide bonds. The molecule has 0 aromatic heterocycles. The summed E-state index contributed by atoms with van der Waals surface area (Å²) in [7, 11) is 2.36. The SMILES string of the molecule is CCC(=N)SSc1cccc(C(F)(F)F)c1. The molecule has 1 aromatic carbocycles. The van der Waals surface area contributed by atoms with Gasteiger partial charge < -0.3 is 0 Å². The van der Waals surface area contributed by atoms with E-state index in [2.05, 4.69) is 0 Å². The van der Waals surface area contributed by atoms with Gasteiger partial charge in [-0.2, -0.15) is 13.2 Å². The van der Waals surface area contributed by atoms with Gasteiger partial charge in [0, 0.05) is 4.90 Å². The highest BCUT2D eigenvalue weighted by atomic mass is 33.1. The number of halogens is 3. The summed E-state index contributed by atoms with van der Waals surface area (Å²) < 4.78 is 37.1. The lowest BCUT2D eigenvalue weighted by Gasteiger charge is -2.07. The molecule has 0 fully saturated rings. The molecular weight excluding hydrogens is 255 g/mol. The van der Waals surface area contributed by atoms with E-state index in [4.69, 9.17) is 5.41 Å². The van der Waals surface area contributed by atoms with Gasteiger partial charge in [0.25, 0.3) is 0 Å². The van der Waals surface area contributed by atoms with E-state index >= 15 is 0 Å². The zero-order chi connectivity index (χ0) is 12.2. The fourth-order valence-corrected chi connectivity index (χ4v) is 2.76. The first-order chi connectivity index (χ1) is 7.43. The van der Waals surface area contributed by atoms with Crippen LogP contribution in [0.4, 0.5) is 13.2 Å². The van der Waals surface area contributed by atoms with E-state index < -0.39 is 11.7 Å². The molecule has 6 heteroatoms. The Hall–Kier alpha value is -0.620. The zero-order valence-electron chi connectivity index (χ0n) is 8.47. The van der Waals surface area contributed by atoms with Gasteiger partial charge in [-0.3, -0.25) is 5.41 Å².